The quantitative estimate of drug-likeness (QED) is 0.0700. The van der Waals surface area contributed by atoms with E-state index in [4.69, 9.17) is 10.2 Å². The maximum Gasteiger partial charge on any atom is 0.305 e. The normalized spacial score (nSPS) is 13.1. The minimum absolute atomic E-state index is 0.184. The number of rotatable bonds is 20. The summed E-state index contributed by atoms with van der Waals surface area (Å²) in [6.07, 6.45) is -3.09. The van der Waals surface area contributed by atoms with Gasteiger partial charge < -0.3 is 41.9 Å². The van der Waals surface area contributed by atoms with Gasteiger partial charge in [-0.05, 0) is 24.5 Å². The average molecular weight is 664 g/mol. The first kappa shape index (κ1) is 39.3. The minimum atomic E-state index is -1.91. The van der Waals surface area contributed by atoms with Crippen LogP contribution in [0.5, 0.6) is 0 Å². The molecular formula is C29H37N5O13. The van der Waals surface area contributed by atoms with Gasteiger partial charge in [0.1, 0.15) is 24.2 Å². The maximum absolute atomic E-state index is 13.2. The number of carboxylic acids is 3. The highest BCUT2D eigenvalue weighted by Crippen LogP contribution is 2.08. The molecule has 4 atom stereocenters. The van der Waals surface area contributed by atoms with Gasteiger partial charge in [0.25, 0.3) is 5.91 Å². The zero-order valence-corrected chi connectivity index (χ0v) is 25.7. The fraction of sp³-hybridized carbons (Fsp3) is 0.448. The van der Waals surface area contributed by atoms with Crippen molar-refractivity contribution >= 4 is 59.0 Å². The molecule has 1 rings (SSSR count). The van der Waals surface area contributed by atoms with E-state index in [-0.39, 0.29) is 5.56 Å². The Kier molecular flexibility index (Phi) is 15.9. The van der Waals surface area contributed by atoms with Crippen LogP contribution in [0, 0.1) is 5.92 Å². The lowest BCUT2D eigenvalue weighted by Gasteiger charge is -2.27. The van der Waals surface area contributed by atoms with Crippen molar-refractivity contribution in [3.63, 3.8) is 0 Å². The van der Waals surface area contributed by atoms with Crippen molar-refractivity contribution in [2.45, 2.75) is 70.6 Å². The van der Waals surface area contributed by atoms with Gasteiger partial charge >= 0.3 is 17.9 Å². The number of hydrogen-bond acceptors (Lipinski definition) is 10. The molecule has 0 unspecified atom stereocenters. The molecule has 18 heteroatoms. The van der Waals surface area contributed by atoms with E-state index in [0.29, 0.717) is 0 Å². The number of aliphatic carboxylic acids is 3. The third kappa shape index (κ3) is 14.3. The van der Waals surface area contributed by atoms with E-state index in [1.165, 1.54) is 26.0 Å². The van der Waals surface area contributed by atoms with Crippen LogP contribution in [0.2, 0.25) is 0 Å². The van der Waals surface area contributed by atoms with Gasteiger partial charge in [0.2, 0.25) is 35.2 Å². The number of ketones is 2. The van der Waals surface area contributed by atoms with Crippen molar-refractivity contribution in [1.82, 2.24) is 26.6 Å². The van der Waals surface area contributed by atoms with Crippen molar-refractivity contribution < 1.29 is 63.3 Å². The van der Waals surface area contributed by atoms with Crippen LogP contribution < -0.4 is 26.6 Å². The second kappa shape index (κ2) is 19.0. The number of nitrogens with one attached hydrogen (secondary N) is 5. The summed E-state index contributed by atoms with van der Waals surface area (Å²) >= 11 is 0. The smallest absolute Gasteiger partial charge is 0.305 e. The van der Waals surface area contributed by atoms with E-state index in [9.17, 15) is 53.1 Å². The molecule has 0 aliphatic rings. The summed E-state index contributed by atoms with van der Waals surface area (Å²) in [5.41, 5.74) is 0.184. The molecule has 1 aromatic carbocycles. The lowest BCUT2D eigenvalue weighted by atomic mass is 9.99. The van der Waals surface area contributed by atoms with Crippen LogP contribution >= 0.6 is 0 Å². The molecule has 8 N–H and O–H groups in total. The van der Waals surface area contributed by atoms with Crippen molar-refractivity contribution in [2.24, 2.45) is 5.92 Å². The van der Waals surface area contributed by atoms with Crippen molar-refractivity contribution in [2.75, 3.05) is 6.54 Å². The molecule has 0 aromatic heterocycles. The molecular weight excluding hydrogens is 626 g/mol. The number of carbonyl (C=O) groups is 10. The zero-order valence-electron chi connectivity index (χ0n) is 25.7. The molecule has 0 spiro atoms. The number of carboxylic acid groups (broad SMARTS) is 3. The molecule has 0 saturated heterocycles. The van der Waals surface area contributed by atoms with E-state index in [0.717, 1.165) is 6.92 Å². The first-order valence-electron chi connectivity index (χ1n) is 14.2. The molecule has 0 radical (unpaired) electrons. The first-order chi connectivity index (χ1) is 21.9. The van der Waals surface area contributed by atoms with Crippen LogP contribution in [-0.4, -0.2) is 105 Å². The van der Waals surface area contributed by atoms with Gasteiger partial charge in [-0.2, -0.15) is 0 Å². The molecule has 256 valence electrons. The van der Waals surface area contributed by atoms with Crippen LogP contribution in [0.4, 0.5) is 0 Å². The SMILES string of the molecule is CC(=O)N[C@@H](CC(=O)O)C(=O)N[C@@H](CCC(=O)O)C(=O)N[C@H](C(=O)N[C@@H](CC(=O)O)C(=O)C(=O)CNC(=O)c1ccccc1)C(C)C. The highest BCUT2D eigenvalue weighted by molar-refractivity contribution is 6.40. The Bertz CT molecular complexity index is 1360. The van der Waals surface area contributed by atoms with Gasteiger partial charge in [-0.15, -0.1) is 0 Å². The largest absolute Gasteiger partial charge is 0.481 e. The van der Waals surface area contributed by atoms with Crippen molar-refractivity contribution in [1.29, 1.82) is 0 Å². The molecule has 18 nitrogen and oxygen atoms in total. The van der Waals surface area contributed by atoms with Gasteiger partial charge in [-0.25, -0.2) is 0 Å². The monoisotopic (exact) mass is 663 g/mol. The molecule has 47 heavy (non-hydrogen) atoms. The summed E-state index contributed by atoms with van der Waals surface area (Å²) in [5, 5.41) is 38.4. The summed E-state index contributed by atoms with van der Waals surface area (Å²) in [6, 6.07) is 0.967. The third-order valence-corrected chi connectivity index (χ3v) is 6.33. The number of benzene rings is 1. The van der Waals surface area contributed by atoms with E-state index < -0.39 is 121 Å². The highest BCUT2D eigenvalue weighted by atomic mass is 16.4. The van der Waals surface area contributed by atoms with Gasteiger partial charge in [-0.3, -0.25) is 47.9 Å². The Labute approximate surface area is 268 Å². The third-order valence-electron chi connectivity index (χ3n) is 6.33. The van der Waals surface area contributed by atoms with E-state index in [2.05, 4.69) is 26.6 Å². The van der Waals surface area contributed by atoms with Gasteiger partial charge in [0.15, 0.2) is 0 Å². The van der Waals surface area contributed by atoms with Gasteiger partial charge in [0.05, 0.1) is 19.4 Å². The molecule has 5 amide bonds. The first-order valence-corrected chi connectivity index (χ1v) is 14.2. The summed E-state index contributed by atoms with van der Waals surface area (Å²) < 4.78 is 0. The zero-order chi connectivity index (χ0) is 35.8. The van der Waals surface area contributed by atoms with Crippen LogP contribution in [-0.2, 0) is 43.2 Å². The summed E-state index contributed by atoms with van der Waals surface area (Å²) in [4.78, 5) is 122. The van der Waals surface area contributed by atoms with Crippen LogP contribution in [0.15, 0.2) is 30.3 Å². The van der Waals surface area contributed by atoms with E-state index in [1.54, 1.807) is 18.2 Å². The summed E-state index contributed by atoms with van der Waals surface area (Å²) in [7, 11) is 0. The van der Waals surface area contributed by atoms with E-state index in [1.807, 2.05) is 0 Å². The van der Waals surface area contributed by atoms with E-state index >= 15 is 0 Å². The van der Waals surface area contributed by atoms with Crippen molar-refractivity contribution in [3.05, 3.63) is 35.9 Å². The molecule has 0 fully saturated rings. The topological polar surface area (TPSA) is 292 Å². The average Bonchev–Trinajstić information content (AvgIpc) is 2.98. The van der Waals surface area contributed by atoms with Gasteiger partial charge in [-0.1, -0.05) is 32.0 Å². The van der Waals surface area contributed by atoms with Crippen LogP contribution in [0.25, 0.3) is 0 Å². The predicted octanol–water partition coefficient (Wildman–Crippen LogP) is -2.02. The fourth-order valence-electron chi connectivity index (χ4n) is 4.01. The Balaban J connectivity index is 3.12. The van der Waals surface area contributed by atoms with Crippen molar-refractivity contribution in [3.8, 4) is 0 Å². The molecule has 0 aliphatic carbocycles. The lowest BCUT2D eigenvalue weighted by molar-refractivity contribution is -0.144. The molecule has 0 heterocycles. The second-order valence-corrected chi connectivity index (χ2v) is 10.6. The van der Waals surface area contributed by atoms with Crippen LogP contribution in [0.3, 0.4) is 0 Å². The predicted molar refractivity (Wildman–Crippen MR) is 158 cm³/mol. The standard InChI is InChI=1S/C29H37N5O13/c1-14(2)24(34-27(45)17(9-10-21(37)38)32-28(46)19(12-23(41)42)31-15(3)35)29(47)33-18(11-22(39)40)25(43)20(36)13-30-26(44)16-7-5-4-6-8-16/h4-8,14,17-19,24H,9-13H2,1-3H3,(H,30,44)(H,31,35)(H,32,46)(H,33,47)(H,34,45)(H,37,38)(H,39,40)(H,41,42)/t17-,18-,19-,24-/m0/s1. The number of carbonyl (C=O) groups excluding carboxylic acids is 7. The molecule has 1 aromatic rings. The maximum atomic E-state index is 13.2. The Morgan fingerprint density at radius 2 is 1.19 bits per heavy atom. The highest BCUT2D eigenvalue weighted by Gasteiger charge is 2.35. The lowest BCUT2D eigenvalue weighted by Crippen LogP contribution is -2.59. The molecule has 0 saturated carbocycles. The van der Waals surface area contributed by atoms with Gasteiger partial charge in [0, 0.05) is 18.9 Å². The summed E-state index contributed by atoms with van der Waals surface area (Å²) in [6.45, 7) is 3.11. The Hall–Kier alpha value is -5.68. The van der Waals surface area contributed by atoms with Crippen LogP contribution in [0.1, 0.15) is 56.8 Å². The Morgan fingerprint density at radius 1 is 0.660 bits per heavy atom. The number of amides is 5. The molecule has 0 aliphatic heterocycles. The minimum Gasteiger partial charge on any atom is -0.481 e. The Morgan fingerprint density at radius 3 is 1.70 bits per heavy atom. The molecule has 0 bridgehead atoms. The number of hydrogen-bond donors (Lipinski definition) is 8. The fourth-order valence-corrected chi connectivity index (χ4v) is 4.01. The number of Topliss-reactive ketones (excluding diaryl/α,β-unsaturated/α-hetero) is 2. The summed E-state index contributed by atoms with van der Waals surface area (Å²) in [5.74, 6) is -12.5. The second-order valence-electron chi connectivity index (χ2n) is 10.6.